The summed E-state index contributed by atoms with van der Waals surface area (Å²) in [7, 11) is 0. The van der Waals surface area contributed by atoms with Crippen molar-refractivity contribution in [2.45, 2.75) is 33.7 Å². The van der Waals surface area contributed by atoms with Crippen molar-refractivity contribution in [1.82, 2.24) is 14.7 Å². The Labute approximate surface area is 149 Å². The maximum absolute atomic E-state index is 12.4. The molecule has 1 aromatic carbocycles. The monoisotopic (exact) mass is 345 g/mol. The number of benzene rings is 1. The zero-order chi connectivity index (χ0) is 18.4. The first-order valence-electron chi connectivity index (χ1n) is 8.72. The fraction of sp³-hybridized carbons (Fsp3) is 0.526. The number of aryl methyl sites for hydroxylation is 1. The van der Waals surface area contributed by atoms with Gasteiger partial charge >= 0.3 is 0 Å². The molecule has 0 unspecified atom stereocenters. The van der Waals surface area contributed by atoms with E-state index in [0.717, 1.165) is 11.1 Å². The van der Waals surface area contributed by atoms with Crippen LogP contribution in [0.4, 0.5) is 0 Å². The van der Waals surface area contributed by atoms with Gasteiger partial charge in [0.15, 0.2) is 0 Å². The summed E-state index contributed by atoms with van der Waals surface area (Å²) in [5, 5.41) is 0. The molecule has 1 heterocycles. The summed E-state index contributed by atoms with van der Waals surface area (Å²) >= 11 is 0. The molecule has 0 saturated carbocycles. The van der Waals surface area contributed by atoms with Gasteiger partial charge in [-0.2, -0.15) is 0 Å². The number of nitrogens with zero attached hydrogens (tertiary/aromatic N) is 3. The number of hydrogen-bond donors (Lipinski definition) is 0. The molecule has 1 saturated heterocycles. The molecule has 6 nitrogen and oxygen atoms in total. The maximum Gasteiger partial charge on any atom is 0.224 e. The second-order valence-electron chi connectivity index (χ2n) is 6.50. The van der Waals surface area contributed by atoms with E-state index in [0.29, 0.717) is 45.7 Å². The van der Waals surface area contributed by atoms with Gasteiger partial charge in [-0.1, -0.05) is 24.3 Å². The highest BCUT2D eigenvalue weighted by Crippen LogP contribution is 2.12. The highest BCUT2D eigenvalue weighted by atomic mass is 16.2. The van der Waals surface area contributed by atoms with Crippen LogP contribution in [0.15, 0.2) is 24.3 Å². The standard InChI is InChI=1S/C19H27N3O3/c1-15-6-4-5-7-18(15)14-22(17(3)24)9-8-19(25)21-12-10-20(11-13-21)16(2)23/h4-7H,8-14H2,1-3H3. The molecule has 136 valence electrons. The molecule has 0 spiro atoms. The smallest absolute Gasteiger partial charge is 0.224 e. The van der Waals surface area contributed by atoms with Crippen LogP contribution in [0.1, 0.15) is 31.4 Å². The highest BCUT2D eigenvalue weighted by Gasteiger charge is 2.23. The molecule has 1 aromatic rings. The van der Waals surface area contributed by atoms with Gasteiger partial charge in [-0.15, -0.1) is 0 Å². The molecule has 0 radical (unpaired) electrons. The quantitative estimate of drug-likeness (QED) is 0.811. The average molecular weight is 345 g/mol. The number of rotatable bonds is 5. The third-order valence-electron chi connectivity index (χ3n) is 4.74. The summed E-state index contributed by atoms with van der Waals surface area (Å²) in [4.78, 5) is 40.9. The summed E-state index contributed by atoms with van der Waals surface area (Å²) in [5.74, 6) is 0.0600. The molecule has 0 atom stereocenters. The van der Waals surface area contributed by atoms with Crippen molar-refractivity contribution in [2.24, 2.45) is 0 Å². The van der Waals surface area contributed by atoms with Crippen LogP contribution < -0.4 is 0 Å². The number of hydrogen-bond acceptors (Lipinski definition) is 3. The molecule has 0 aliphatic carbocycles. The number of carbonyl (C=O) groups excluding carboxylic acids is 3. The van der Waals surface area contributed by atoms with Crippen molar-refractivity contribution in [1.29, 1.82) is 0 Å². The van der Waals surface area contributed by atoms with Crippen molar-refractivity contribution in [3.05, 3.63) is 35.4 Å². The summed E-state index contributed by atoms with van der Waals surface area (Å²) in [6.07, 6.45) is 0.311. The molecule has 0 N–H and O–H groups in total. The lowest BCUT2D eigenvalue weighted by Crippen LogP contribution is -2.50. The van der Waals surface area contributed by atoms with Crippen molar-refractivity contribution < 1.29 is 14.4 Å². The second kappa shape index (κ2) is 8.65. The topological polar surface area (TPSA) is 60.9 Å². The summed E-state index contributed by atoms with van der Waals surface area (Å²) in [6.45, 7) is 8.34. The van der Waals surface area contributed by atoms with Crippen LogP contribution in [0.5, 0.6) is 0 Å². The van der Waals surface area contributed by atoms with E-state index >= 15 is 0 Å². The van der Waals surface area contributed by atoms with Crippen LogP contribution in [0, 0.1) is 6.92 Å². The Hall–Kier alpha value is -2.37. The Balaban J connectivity index is 1.87. The van der Waals surface area contributed by atoms with E-state index in [1.165, 1.54) is 6.92 Å². The number of amides is 3. The van der Waals surface area contributed by atoms with Gasteiger partial charge in [0.2, 0.25) is 17.7 Å². The Kier molecular flexibility index (Phi) is 6.56. The van der Waals surface area contributed by atoms with Crippen molar-refractivity contribution in [3.8, 4) is 0 Å². The minimum atomic E-state index is -0.0301. The summed E-state index contributed by atoms with van der Waals surface area (Å²) in [6, 6.07) is 7.96. The second-order valence-corrected chi connectivity index (χ2v) is 6.50. The van der Waals surface area contributed by atoms with Crippen molar-refractivity contribution in [3.63, 3.8) is 0 Å². The lowest BCUT2D eigenvalue weighted by atomic mass is 10.1. The summed E-state index contributed by atoms with van der Waals surface area (Å²) in [5.41, 5.74) is 2.24. The Morgan fingerprint density at radius 2 is 1.60 bits per heavy atom. The predicted octanol–water partition coefficient (Wildman–Crippen LogP) is 1.42. The first-order chi connectivity index (χ1) is 11.9. The van der Waals surface area contributed by atoms with E-state index in [1.54, 1.807) is 21.6 Å². The molecule has 1 aliphatic heterocycles. The zero-order valence-corrected chi connectivity index (χ0v) is 15.3. The average Bonchev–Trinajstić information content (AvgIpc) is 2.59. The van der Waals surface area contributed by atoms with Gasteiger partial charge in [0.05, 0.1) is 0 Å². The molecule has 1 aliphatic rings. The van der Waals surface area contributed by atoms with Crippen molar-refractivity contribution >= 4 is 17.7 Å². The van der Waals surface area contributed by atoms with Gasteiger partial charge in [-0.05, 0) is 18.1 Å². The number of carbonyl (C=O) groups is 3. The Bertz CT molecular complexity index is 637. The van der Waals surface area contributed by atoms with Crippen LogP contribution in [-0.2, 0) is 20.9 Å². The first-order valence-corrected chi connectivity index (χ1v) is 8.72. The molecule has 25 heavy (non-hydrogen) atoms. The first kappa shape index (κ1) is 19.0. The molecular formula is C19H27N3O3. The fourth-order valence-corrected chi connectivity index (χ4v) is 3.00. The van der Waals surface area contributed by atoms with E-state index < -0.39 is 0 Å². The third kappa shape index (κ3) is 5.31. The molecule has 6 heteroatoms. The number of piperazine rings is 1. The van der Waals surface area contributed by atoms with E-state index in [2.05, 4.69) is 0 Å². The van der Waals surface area contributed by atoms with Gasteiger partial charge in [0, 0.05) is 59.5 Å². The van der Waals surface area contributed by atoms with Gasteiger partial charge in [-0.25, -0.2) is 0 Å². The predicted molar refractivity (Wildman–Crippen MR) is 95.7 cm³/mol. The van der Waals surface area contributed by atoms with Gasteiger partial charge < -0.3 is 14.7 Å². The van der Waals surface area contributed by atoms with Gasteiger partial charge in [-0.3, -0.25) is 14.4 Å². The normalized spacial score (nSPS) is 14.4. The van der Waals surface area contributed by atoms with Crippen LogP contribution in [0.2, 0.25) is 0 Å². The SMILES string of the molecule is CC(=O)N1CCN(C(=O)CCN(Cc2ccccc2C)C(C)=O)CC1. The zero-order valence-electron chi connectivity index (χ0n) is 15.3. The van der Waals surface area contributed by atoms with Crippen molar-refractivity contribution in [2.75, 3.05) is 32.7 Å². The minimum absolute atomic E-state index is 0.0301. The summed E-state index contributed by atoms with van der Waals surface area (Å²) < 4.78 is 0. The van der Waals surface area contributed by atoms with Gasteiger partial charge in [0.1, 0.15) is 0 Å². The minimum Gasteiger partial charge on any atom is -0.339 e. The molecule has 3 amide bonds. The third-order valence-corrected chi connectivity index (χ3v) is 4.74. The maximum atomic E-state index is 12.4. The van der Waals surface area contributed by atoms with E-state index in [1.807, 2.05) is 31.2 Å². The van der Waals surface area contributed by atoms with Crippen LogP contribution >= 0.6 is 0 Å². The van der Waals surface area contributed by atoms with Crippen LogP contribution in [0.25, 0.3) is 0 Å². The molecule has 0 aromatic heterocycles. The fourth-order valence-electron chi connectivity index (χ4n) is 3.00. The Morgan fingerprint density at radius 1 is 1.00 bits per heavy atom. The van der Waals surface area contributed by atoms with E-state index in [9.17, 15) is 14.4 Å². The largest absolute Gasteiger partial charge is 0.339 e. The molecule has 1 fully saturated rings. The van der Waals surface area contributed by atoms with E-state index in [-0.39, 0.29) is 17.7 Å². The lowest BCUT2D eigenvalue weighted by Gasteiger charge is -2.34. The molecule has 0 bridgehead atoms. The molecular weight excluding hydrogens is 318 g/mol. The van der Waals surface area contributed by atoms with E-state index in [4.69, 9.17) is 0 Å². The highest BCUT2D eigenvalue weighted by molar-refractivity contribution is 5.79. The van der Waals surface area contributed by atoms with Crippen LogP contribution in [-0.4, -0.2) is 65.1 Å². The molecule has 2 rings (SSSR count). The van der Waals surface area contributed by atoms with Gasteiger partial charge in [0.25, 0.3) is 0 Å². The van der Waals surface area contributed by atoms with Crippen LogP contribution in [0.3, 0.4) is 0 Å². The Morgan fingerprint density at radius 3 is 2.16 bits per heavy atom. The lowest BCUT2D eigenvalue weighted by molar-refractivity contribution is -0.139.